The van der Waals surface area contributed by atoms with Crippen molar-refractivity contribution in [3.8, 4) is 0 Å². The summed E-state index contributed by atoms with van der Waals surface area (Å²) in [5.74, 6) is -2.70. The predicted molar refractivity (Wildman–Crippen MR) is 92.4 cm³/mol. The third-order valence-corrected chi connectivity index (χ3v) is 3.53. The highest BCUT2D eigenvalue weighted by molar-refractivity contribution is 5.92. The minimum Gasteiger partial charge on any atom is -0.480 e. The molecule has 0 heterocycles. The van der Waals surface area contributed by atoms with Gasteiger partial charge < -0.3 is 26.8 Å². The van der Waals surface area contributed by atoms with Crippen molar-refractivity contribution in [1.82, 2.24) is 16.0 Å². The number of aliphatic carboxylic acids is 1. The minimum absolute atomic E-state index is 0.0777. The molecule has 0 spiro atoms. The molecule has 0 radical (unpaired) electrons. The molecule has 3 amide bonds. The van der Waals surface area contributed by atoms with E-state index < -0.39 is 41.8 Å². The highest BCUT2D eigenvalue weighted by Crippen LogP contribution is 2.06. The second-order valence-corrected chi connectivity index (χ2v) is 6.81. The number of carbonyl (C=O) groups excluding carboxylic acids is 3. The molecule has 0 saturated heterocycles. The fourth-order valence-electron chi connectivity index (χ4n) is 1.92. The van der Waals surface area contributed by atoms with E-state index in [9.17, 15) is 19.2 Å². The van der Waals surface area contributed by atoms with Gasteiger partial charge in [0.25, 0.3) is 0 Å². The van der Waals surface area contributed by atoms with Crippen LogP contribution in [0.25, 0.3) is 0 Å². The second kappa shape index (κ2) is 10.7. The first kappa shape index (κ1) is 22.8. The number of rotatable bonds is 10. The molecule has 0 aromatic carbocycles. The summed E-state index contributed by atoms with van der Waals surface area (Å²) in [4.78, 5) is 46.7. The van der Waals surface area contributed by atoms with Crippen LogP contribution < -0.4 is 21.7 Å². The first-order valence-corrected chi connectivity index (χ1v) is 8.31. The van der Waals surface area contributed by atoms with Crippen LogP contribution in [0.4, 0.5) is 0 Å². The molecule has 9 nitrogen and oxygen atoms in total. The van der Waals surface area contributed by atoms with Crippen molar-refractivity contribution in [3.63, 3.8) is 0 Å². The smallest absolute Gasteiger partial charge is 0.325 e. The van der Waals surface area contributed by atoms with Crippen LogP contribution in [-0.2, 0) is 19.2 Å². The van der Waals surface area contributed by atoms with Gasteiger partial charge in [0, 0.05) is 0 Å². The van der Waals surface area contributed by atoms with Gasteiger partial charge in [0.15, 0.2) is 0 Å². The van der Waals surface area contributed by atoms with E-state index in [-0.39, 0.29) is 18.4 Å². The summed E-state index contributed by atoms with van der Waals surface area (Å²) in [5.41, 5.74) is 5.78. The van der Waals surface area contributed by atoms with Crippen molar-refractivity contribution in [2.24, 2.45) is 17.6 Å². The van der Waals surface area contributed by atoms with Crippen molar-refractivity contribution in [3.05, 3.63) is 0 Å². The molecule has 25 heavy (non-hydrogen) atoms. The quantitative estimate of drug-likeness (QED) is 0.345. The van der Waals surface area contributed by atoms with E-state index in [0.717, 1.165) is 0 Å². The van der Waals surface area contributed by atoms with Crippen LogP contribution in [-0.4, -0.2) is 53.5 Å². The Bertz CT molecular complexity index is 493. The Morgan fingerprint density at radius 2 is 1.52 bits per heavy atom. The fourth-order valence-corrected chi connectivity index (χ4v) is 1.92. The summed E-state index contributed by atoms with van der Waals surface area (Å²) >= 11 is 0. The van der Waals surface area contributed by atoms with Gasteiger partial charge in [-0.25, -0.2) is 0 Å². The third-order valence-electron chi connectivity index (χ3n) is 3.53. The number of nitrogens with two attached hydrogens (primary N) is 1. The summed E-state index contributed by atoms with van der Waals surface area (Å²) in [7, 11) is 0. The fraction of sp³-hybridized carbons (Fsp3) is 0.750. The first-order chi connectivity index (χ1) is 11.5. The molecule has 0 fully saturated rings. The minimum atomic E-state index is -1.17. The highest BCUT2D eigenvalue weighted by atomic mass is 16.4. The van der Waals surface area contributed by atoms with Gasteiger partial charge in [0.05, 0.1) is 12.6 Å². The van der Waals surface area contributed by atoms with E-state index in [0.29, 0.717) is 6.42 Å². The van der Waals surface area contributed by atoms with Crippen molar-refractivity contribution < 1.29 is 24.3 Å². The molecule has 0 aliphatic carbocycles. The molecule has 144 valence electrons. The molecule has 0 aromatic rings. The van der Waals surface area contributed by atoms with Crippen molar-refractivity contribution in [2.75, 3.05) is 6.54 Å². The summed E-state index contributed by atoms with van der Waals surface area (Å²) in [6, 6.07) is -2.61. The zero-order valence-corrected chi connectivity index (χ0v) is 15.5. The van der Waals surface area contributed by atoms with Crippen LogP contribution in [0.3, 0.4) is 0 Å². The Morgan fingerprint density at radius 3 is 1.96 bits per heavy atom. The molecule has 0 aromatic heterocycles. The van der Waals surface area contributed by atoms with Gasteiger partial charge in [-0.2, -0.15) is 0 Å². The summed E-state index contributed by atoms with van der Waals surface area (Å²) in [5, 5.41) is 16.0. The second-order valence-electron chi connectivity index (χ2n) is 6.81. The Balaban J connectivity index is 4.71. The van der Waals surface area contributed by atoms with Crippen molar-refractivity contribution in [2.45, 2.75) is 59.2 Å². The van der Waals surface area contributed by atoms with Gasteiger partial charge in [-0.15, -0.1) is 0 Å². The third kappa shape index (κ3) is 9.04. The lowest BCUT2D eigenvalue weighted by atomic mass is 10.0. The lowest BCUT2D eigenvalue weighted by Gasteiger charge is -2.23. The lowest BCUT2D eigenvalue weighted by Crippen LogP contribution is -2.54. The Morgan fingerprint density at radius 1 is 0.960 bits per heavy atom. The monoisotopic (exact) mass is 358 g/mol. The standard InChI is InChI=1S/C16H30N4O5/c1-8(2)6-11(20-15(23)13(17)9(3)4)14(22)18-7-12(21)19-10(5)16(24)25/h8-11,13H,6-7,17H2,1-5H3,(H,18,22)(H,19,21)(H,20,23)(H,24,25). The van der Waals surface area contributed by atoms with Crippen LogP contribution in [0.15, 0.2) is 0 Å². The number of carbonyl (C=O) groups is 4. The van der Waals surface area contributed by atoms with Gasteiger partial charge >= 0.3 is 5.97 Å². The first-order valence-electron chi connectivity index (χ1n) is 8.31. The van der Waals surface area contributed by atoms with Crippen LogP contribution >= 0.6 is 0 Å². The SMILES string of the molecule is CC(C)CC(NC(=O)C(N)C(C)C)C(=O)NCC(=O)NC(C)C(=O)O. The summed E-state index contributed by atoms with van der Waals surface area (Å²) < 4.78 is 0. The lowest BCUT2D eigenvalue weighted by molar-refractivity contribution is -0.141. The van der Waals surface area contributed by atoms with Gasteiger partial charge in [-0.1, -0.05) is 27.7 Å². The normalized spacial score (nSPS) is 14.6. The number of amides is 3. The van der Waals surface area contributed by atoms with Gasteiger partial charge in [-0.3, -0.25) is 19.2 Å². The number of hydrogen-bond donors (Lipinski definition) is 5. The number of hydrogen-bond acceptors (Lipinski definition) is 5. The zero-order chi connectivity index (χ0) is 19.7. The molecule has 6 N–H and O–H groups in total. The van der Waals surface area contributed by atoms with Crippen molar-refractivity contribution in [1.29, 1.82) is 0 Å². The molecule has 3 unspecified atom stereocenters. The summed E-state index contributed by atoms with van der Waals surface area (Å²) in [6.45, 7) is 8.34. The van der Waals surface area contributed by atoms with E-state index in [1.165, 1.54) is 6.92 Å². The van der Waals surface area contributed by atoms with Crippen LogP contribution in [0.1, 0.15) is 41.0 Å². The topological polar surface area (TPSA) is 151 Å². The average molecular weight is 358 g/mol. The molecule has 3 atom stereocenters. The molecule has 0 bridgehead atoms. The average Bonchev–Trinajstić information content (AvgIpc) is 2.50. The van der Waals surface area contributed by atoms with Crippen LogP contribution in [0.2, 0.25) is 0 Å². The Hall–Kier alpha value is -2.16. The predicted octanol–water partition coefficient (Wildman–Crippen LogP) is -0.794. The van der Waals surface area contributed by atoms with Crippen LogP contribution in [0.5, 0.6) is 0 Å². The maximum atomic E-state index is 12.3. The summed E-state index contributed by atoms with van der Waals surface area (Å²) in [6.07, 6.45) is 0.384. The van der Waals surface area contributed by atoms with Gasteiger partial charge in [0.2, 0.25) is 17.7 Å². The molecular weight excluding hydrogens is 328 g/mol. The number of carboxylic acid groups (broad SMARTS) is 1. The van der Waals surface area contributed by atoms with Crippen LogP contribution in [0, 0.1) is 11.8 Å². The van der Waals surface area contributed by atoms with Gasteiger partial charge in [0.1, 0.15) is 12.1 Å². The zero-order valence-electron chi connectivity index (χ0n) is 15.5. The molecule has 0 aliphatic rings. The molecule has 0 rings (SSSR count). The largest absolute Gasteiger partial charge is 0.480 e. The van der Waals surface area contributed by atoms with E-state index in [4.69, 9.17) is 10.8 Å². The maximum absolute atomic E-state index is 12.3. The van der Waals surface area contributed by atoms with Crippen molar-refractivity contribution >= 4 is 23.7 Å². The Kier molecular flexibility index (Phi) is 9.73. The number of carboxylic acids is 1. The van der Waals surface area contributed by atoms with Gasteiger partial charge in [-0.05, 0) is 25.2 Å². The molecule has 9 heteroatoms. The molecule has 0 aliphatic heterocycles. The Labute approximate surface area is 148 Å². The van der Waals surface area contributed by atoms with E-state index in [1.54, 1.807) is 13.8 Å². The van der Waals surface area contributed by atoms with E-state index >= 15 is 0 Å². The maximum Gasteiger partial charge on any atom is 0.325 e. The molecule has 0 saturated carbocycles. The highest BCUT2D eigenvalue weighted by Gasteiger charge is 2.26. The van der Waals surface area contributed by atoms with E-state index in [2.05, 4.69) is 16.0 Å². The molecular formula is C16H30N4O5. The number of nitrogens with one attached hydrogen (secondary N) is 3. The van der Waals surface area contributed by atoms with E-state index in [1.807, 2.05) is 13.8 Å².